The second kappa shape index (κ2) is 3.51. The summed E-state index contributed by atoms with van der Waals surface area (Å²) in [4.78, 5) is 11.0. The Balaban J connectivity index is 2.87. The number of alkyl halides is 1. The lowest BCUT2D eigenvalue weighted by atomic mass is 10.1. The molecule has 13 heavy (non-hydrogen) atoms. The Hall–Kier alpha value is -0.200. The number of aliphatic hydroxyl groups excluding tert-OH is 3. The monoisotopic (exact) mass is 210 g/mol. The van der Waals surface area contributed by atoms with Gasteiger partial charge in [0.15, 0.2) is 5.78 Å². The van der Waals surface area contributed by atoms with Crippen molar-refractivity contribution >= 4 is 17.4 Å². The average molecular weight is 211 g/mol. The molecule has 1 aliphatic rings. The molecule has 0 aliphatic carbocycles. The first kappa shape index (κ1) is 10.9. The predicted molar refractivity (Wildman–Crippen MR) is 43.2 cm³/mol. The van der Waals surface area contributed by atoms with Gasteiger partial charge in [0.2, 0.25) is 5.06 Å². The van der Waals surface area contributed by atoms with Crippen molar-refractivity contribution in [1.82, 2.24) is 0 Å². The van der Waals surface area contributed by atoms with Crippen LogP contribution in [0, 0.1) is 0 Å². The van der Waals surface area contributed by atoms with Crippen LogP contribution in [0.2, 0.25) is 0 Å². The Labute approximate surface area is 79.9 Å². The van der Waals surface area contributed by atoms with E-state index in [1.54, 1.807) is 0 Å². The van der Waals surface area contributed by atoms with Gasteiger partial charge in [-0.3, -0.25) is 4.79 Å². The standard InChI is InChI=1S/C7H11ClO5/c1-3(10)7(8)6(12)5(11)4(2-9)13-7/h4-6,9,11-12H,2H2,1H3/t4-,5-,6-,7?/m1/s1. The molecule has 0 spiro atoms. The Morgan fingerprint density at radius 1 is 1.62 bits per heavy atom. The molecule has 1 unspecified atom stereocenters. The molecular weight excluding hydrogens is 200 g/mol. The van der Waals surface area contributed by atoms with Crippen molar-refractivity contribution in [3.8, 4) is 0 Å². The molecule has 1 saturated heterocycles. The minimum absolute atomic E-state index is 0.500. The summed E-state index contributed by atoms with van der Waals surface area (Å²) in [6, 6.07) is 0. The van der Waals surface area contributed by atoms with Gasteiger partial charge in [0, 0.05) is 0 Å². The summed E-state index contributed by atoms with van der Waals surface area (Å²) in [5.41, 5.74) is 0. The largest absolute Gasteiger partial charge is 0.394 e. The molecule has 3 N–H and O–H groups in total. The van der Waals surface area contributed by atoms with Crippen molar-refractivity contribution in [2.45, 2.75) is 30.3 Å². The molecular formula is C7H11ClO5. The number of hydrogen-bond acceptors (Lipinski definition) is 5. The molecule has 1 rings (SSSR count). The first-order valence-electron chi connectivity index (χ1n) is 3.78. The van der Waals surface area contributed by atoms with Crippen LogP contribution in [0.5, 0.6) is 0 Å². The van der Waals surface area contributed by atoms with E-state index < -0.39 is 35.8 Å². The molecule has 0 aromatic rings. The smallest absolute Gasteiger partial charge is 0.229 e. The molecule has 1 fully saturated rings. The second-order valence-corrected chi connectivity index (χ2v) is 3.54. The third-order valence-corrected chi connectivity index (χ3v) is 2.65. The quantitative estimate of drug-likeness (QED) is 0.490. The highest BCUT2D eigenvalue weighted by atomic mass is 35.5. The van der Waals surface area contributed by atoms with E-state index in [-0.39, 0.29) is 0 Å². The third kappa shape index (κ3) is 1.58. The normalized spacial score (nSPS) is 45.2. The minimum atomic E-state index is -1.92. The molecule has 0 aromatic carbocycles. The number of carbonyl (C=O) groups is 1. The van der Waals surface area contributed by atoms with E-state index >= 15 is 0 Å². The van der Waals surface area contributed by atoms with Crippen LogP contribution in [0.15, 0.2) is 0 Å². The van der Waals surface area contributed by atoms with Crippen LogP contribution in [0.1, 0.15) is 6.92 Å². The second-order valence-electron chi connectivity index (χ2n) is 2.98. The summed E-state index contributed by atoms with van der Waals surface area (Å²) in [7, 11) is 0. The maximum Gasteiger partial charge on any atom is 0.229 e. The number of halogens is 1. The number of aliphatic hydroxyl groups is 3. The van der Waals surface area contributed by atoms with Gasteiger partial charge >= 0.3 is 0 Å². The van der Waals surface area contributed by atoms with Crippen molar-refractivity contribution in [2.75, 3.05) is 6.61 Å². The number of ether oxygens (including phenoxy) is 1. The Morgan fingerprint density at radius 3 is 2.38 bits per heavy atom. The van der Waals surface area contributed by atoms with Crippen molar-refractivity contribution < 1.29 is 24.9 Å². The van der Waals surface area contributed by atoms with Gasteiger partial charge in [-0.25, -0.2) is 0 Å². The van der Waals surface area contributed by atoms with Gasteiger partial charge in [-0.1, -0.05) is 11.6 Å². The van der Waals surface area contributed by atoms with Crippen molar-refractivity contribution in [1.29, 1.82) is 0 Å². The van der Waals surface area contributed by atoms with Crippen LogP contribution in [-0.4, -0.2) is 51.1 Å². The van der Waals surface area contributed by atoms with Crippen molar-refractivity contribution in [3.05, 3.63) is 0 Å². The van der Waals surface area contributed by atoms with Gasteiger partial charge in [0.1, 0.15) is 18.3 Å². The van der Waals surface area contributed by atoms with Crippen molar-refractivity contribution in [2.24, 2.45) is 0 Å². The van der Waals surface area contributed by atoms with Gasteiger partial charge in [-0.2, -0.15) is 0 Å². The highest BCUT2D eigenvalue weighted by Gasteiger charge is 2.56. The van der Waals surface area contributed by atoms with E-state index in [1.165, 1.54) is 0 Å². The van der Waals surface area contributed by atoms with Crippen LogP contribution in [0.25, 0.3) is 0 Å². The molecule has 4 atom stereocenters. The van der Waals surface area contributed by atoms with Gasteiger partial charge in [0.05, 0.1) is 6.61 Å². The minimum Gasteiger partial charge on any atom is -0.394 e. The van der Waals surface area contributed by atoms with Crippen LogP contribution in [0.4, 0.5) is 0 Å². The summed E-state index contributed by atoms with van der Waals surface area (Å²) in [6.45, 7) is 0.642. The van der Waals surface area contributed by atoms with E-state index in [0.29, 0.717) is 0 Å². The fourth-order valence-corrected chi connectivity index (χ4v) is 1.46. The average Bonchev–Trinajstić information content (AvgIpc) is 2.31. The Morgan fingerprint density at radius 2 is 2.15 bits per heavy atom. The van der Waals surface area contributed by atoms with E-state index in [9.17, 15) is 15.0 Å². The first-order chi connectivity index (χ1) is 5.93. The summed E-state index contributed by atoms with van der Waals surface area (Å²) in [5.74, 6) is -0.600. The number of rotatable bonds is 2. The predicted octanol–water partition coefficient (Wildman–Crippen LogP) is -1.38. The third-order valence-electron chi connectivity index (χ3n) is 2.07. The van der Waals surface area contributed by atoms with Crippen LogP contribution in [-0.2, 0) is 9.53 Å². The Kier molecular flexibility index (Phi) is 2.94. The lowest BCUT2D eigenvalue weighted by Crippen LogP contribution is -2.43. The zero-order chi connectivity index (χ0) is 10.2. The zero-order valence-corrected chi connectivity index (χ0v) is 7.73. The molecule has 6 heteroatoms. The molecule has 1 heterocycles. The van der Waals surface area contributed by atoms with Crippen molar-refractivity contribution in [3.63, 3.8) is 0 Å². The summed E-state index contributed by atoms with van der Waals surface area (Å²) in [6.07, 6.45) is -3.87. The number of ketones is 1. The summed E-state index contributed by atoms with van der Waals surface area (Å²) >= 11 is 5.63. The SMILES string of the molecule is CC(=O)C1(Cl)O[C@H](CO)[C@@H](O)[C@H]1O. The summed E-state index contributed by atoms with van der Waals surface area (Å²) < 4.78 is 4.85. The van der Waals surface area contributed by atoms with Gasteiger partial charge in [-0.15, -0.1) is 0 Å². The zero-order valence-electron chi connectivity index (χ0n) is 6.98. The van der Waals surface area contributed by atoms with Crippen LogP contribution in [0.3, 0.4) is 0 Å². The van der Waals surface area contributed by atoms with Gasteiger partial charge in [0.25, 0.3) is 0 Å². The van der Waals surface area contributed by atoms with Gasteiger partial charge < -0.3 is 20.1 Å². The molecule has 0 bridgehead atoms. The maximum atomic E-state index is 11.0. The van der Waals surface area contributed by atoms with Gasteiger partial charge in [-0.05, 0) is 6.92 Å². The summed E-state index contributed by atoms with van der Waals surface area (Å²) in [5, 5.41) is 25.4. The lowest BCUT2D eigenvalue weighted by molar-refractivity contribution is -0.137. The fraction of sp³-hybridized carbons (Fsp3) is 0.857. The molecule has 0 aromatic heterocycles. The van der Waals surface area contributed by atoms with E-state index in [2.05, 4.69) is 0 Å². The maximum absolute atomic E-state index is 11.0. The molecule has 0 saturated carbocycles. The molecule has 1 aliphatic heterocycles. The van der Waals surface area contributed by atoms with Crippen LogP contribution < -0.4 is 0 Å². The van der Waals surface area contributed by atoms with E-state index in [1.807, 2.05) is 0 Å². The number of Topliss-reactive ketones (excluding diaryl/α,β-unsaturated/α-hetero) is 1. The topological polar surface area (TPSA) is 87.0 Å². The molecule has 5 nitrogen and oxygen atoms in total. The number of carbonyl (C=O) groups excluding carboxylic acids is 1. The highest BCUT2D eigenvalue weighted by molar-refractivity contribution is 6.34. The number of hydrogen-bond donors (Lipinski definition) is 3. The molecule has 0 radical (unpaired) electrons. The molecule has 0 amide bonds. The lowest BCUT2D eigenvalue weighted by Gasteiger charge is -2.21. The van der Waals surface area contributed by atoms with Crippen LogP contribution >= 0.6 is 11.6 Å². The Bertz CT molecular complexity index is 221. The molecule has 76 valence electrons. The van der Waals surface area contributed by atoms with E-state index in [4.69, 9.17) is 21.4 Å². The highest BCUT2D eigenvalue weighted by Crippen LogP contribution is 2.35. The first-order valence-corrected chi connectivity index (χ1v) is 4.16. The fourth-order valence-electron chi connectivity index (χ4n) is 1.22. The van der Waals surface area contributed by atoms with E-state index in [0.717, 1.165) is 6.92 Å².